The minimum absolute atomic E-state index is 0.0302. The summed E-state index contributed by atoms with van der Waals surface area (Å²) in [7, 11) is 1.69. The molecule has 0 unspecified atom stereocenters. The number of H-pyrrole nitrogens is 1. The molecule has 4 N–H and O–H groups in total. The molecule has 188 valence electrons. The molecule has 0 radical (unpaired) electrons. The van der Waals surface area contributed by atoms with Crippen molar-refractivity contribution in [2.75, 3.05) is 18.5 Å². The van der Waals surface area contributed by atoms with Crippen molar-refractivity contribution in [3.63, 3.8) is 0 Å². The van der Waals surface area contributed by atoms with E-state index in [1.165, 1.54) is 31.5 Å². The van der Waals surface area contributed by atoms with Gasteiger partial charge in [0, 0.05) is 67.2 Å². The predicted molar refractivity (Wildman–Crippen MR) is 146 cm³/mol. The van der Waals surface area contributed by atoms with Gasteiger partial charge in [0.15, 0.2) is 5.43 Å². The molecule has 35 heavy (non-hydrogen) atoms. The van der Waals surface area contributed by atoms with Gasteiger partial charge in [0.25, 0.3) is 5.91 Å². The molecular formula is C27H36ClN5O2. The Kier molecular flexibility index (Phi) is 9.15. The summed E-state index contributed by atoms with van der Waals surface area (Å²) in [5, 5.41) is 3.13. The van der Waals surface area contributed by atoms with E-state index < -0.39 is 0 Å². The second-order valence-corrected chi connectivity index (χ2v) is 9.42. The van der Waals surface area contributed by atoms with E-state index in [0.29, 0.717) is 22.9 Å². The third-order valence-corrected chi connectivity index (χ3v) is 7.04. The van der Waals surface area contributed by atoms with E-state index >= 15 is 0 Å². The van der Waals surface area contributed by atoms with E-state index in [0.717, 1.165) is 41.8 Å². The molecule has 1 heterocycles. The Labute approximate surface area is 212 Å². The second-order valence-electron chi connectivity index (χ2n) is 9.05. The maximum atomic E-state index is 13.4. The number of rotatable bonds is 8. The van der Waals surface area contributed by atoms with Crippen LogP contribution in [-0.2, 0) is 6.54 Å². The number of hydrogen-bond donors (Lipinski definition) is 3. The number of amides is 1. The van der Waals surface area contributed by atoms with Crippen LogP contribution in [0.2, 0.25) is 5.15 Å². The molecule has 8 heteroatoms. The number of aliphatic imine (C=N–C) groups is 1. The Balaban J connectivity index is 2.02. The molecule has 0 bridgehead atoms. The van der Waals surface area contributed by atoms with Crippen LogP contribution in [-0.4, -0.2) is 36.7 Å². The fourth-order valence-electron chi connectivity index (χ4n) is 4.88. The van der Waals surface area contributed by atoms with E-state index in [1.807, 2.05) is 13.0 Å². The number of anilines is 1. The van der Waals surface area contributed by atoms with E-state index in [9.17, 15) is 9.59 Å². The van der Waals surface area contributed by atoms with Crippen molar-refractivity contribution in [1.82, 2.24) is 10.3 Å². The molecule has 0 aliphatic heterocycles. The Morgan fingerprint density at radius 2 is 1.97 bits per heavy atom. The van der Waals surface area contributed by atoms with E-state index in [1.54, 1.807) is 20.2 Å². The highest BCUT2D eigenvalue weighted by atomic mass is 35.5. The summed E-state index contributed by atoms with van der Waals surface area (Å²) in [5.41, 5.74) is 10.7. The third kappa shape index (κ3) is 6.14. The van der Waals surface area contributed by atoms with Crippen LogP contribution in [0, 0.1) is 13.8 Å². The molecule has 1 aromatic heterocycles. The number of nitrogens with one attached hydrogen (secondary N) is 2. The van der Waals surface area contributed by atoms with Crippen LogP contribution in [0.1, 0.15) is 71.8 Å². The van der Waals surface area contributed by atoms with Crippen molar-refractivity contribution in [2.24, 2.45) is 10.7 Å². The summed E-state index contributed by atoms with van der Waals surface area (Å²) in [6.07, 6.45) is 9.19. The molecule has 3 rings (SSSR count). The molecule has 0 saturated heterocycles. The summed E-state index contributed by atoms with van der Waals surface area (Å²) in [5.74, 6) is -0.272. The number of carbonyl (C=O) groups excluding carboxylic acids is 1. The summed E-state index contributed by atoms with van der Waals surface area (Å²) in [4.78, 5) is 35.3. The van der Waals surface area contributed by atoms with Crippen molar-refractivity contribution in [3.05, 3.63) is 67.7 Å². The van der Waals surface area contributed by atoms with Crippen molar-refractivity contribution in [3.8, 4) is 0 Å². The topological polar surface area (TPSA) is 104 Å². The van der Waals surface area contributed by atoms with Gasteiger partial charge in [-0.2, -0.15) is 0 Å². The molecule has 0 spiro atoms. The monoisotopic (exact) mass is 497 g/mol. The lowest BCUT2D eigenvalue weighted by Gasteiger charge is -2.37. The number of aryl methyl sites for hydroxylation is 1. The highest BCUT2D eigenvalue weighted by Gasteiger charge is 2.25. The zero-order valence-corrected chi connectivity index (χ0v) is 21.8. The van der Waals surface area contributed by atoms with Crippen LogP contribution in [0.3, 0.4) is 0 Å². The van der Waals surface area contributed by atoms with Crippen LogP contribution in [0.25, 0.3) is 5.57 Å². The molecule has 0 atom stereocenters. The van der Waals surface area contributed by atoms with Crippen molar-refractivity contribution < 1.29 is 4.79 Å². The molecule has 1 aliphatic carbocycles. The number of carbonyl (C=O) groups is 1. The fourth-order valence-corrected chi connectivity index (χ4v) is 5.18. The SMILES string of the molecule is CCN(c1cc(C(C=NC)=CN)cc(C(=O)NCc2c(Cl)[nH]c(C)cc2=O)c1C)C1CCCCC1. The molecular weight excluding hydrogens is 462 g/mol. The lowest BCUT2D eigenvalue weighted by molar-refractivity contribution is 0.0950. The number of nitrogens with zero attached hydrogens (tertiary/aromatic N) is 2. The smallest absolute Gasteiger partial charge is 0.251 e. The quantitative estimate of drug-likeness (QED) is 0.362. The van der Waals surface area contributed by atoms with Gasteiger partial charge < -0.3 is 20.9 Å². The van der Waals surface area contributed by atoms with Gasteiger partial charge in [-0.25, -0.2) is 0 Å². The first-order chi connectivity index (χ1) is 16.8. The highest BCUT2D eigenvalue weighted by Crippen LogP contribution is 2.33. The van der Waals surface area contributed by atoms with Gasteiger partial charge in [0.2, 0.25) is 0 Å². The van der Waals surface area contributed by atoms with E-state index in [4.69, 9.17) is 17.3 Å². The van der Waals surface area contributed by atoms with Crippen LogP contribution in [0.4, 0.5) is 5.69 Å². The number of halogens is 1. The largest absolute Gasteiger partial charge is 0.404 e. The summed E-state index contributed by atoms with van der Waals surface area (Å²) < 4.78 is 0. The number of nitrogens with two attached hydrogens (primary N) is 1. The summed E-state index contributed by atoms with van der Waals surface area (Å²) >= 11 is 6.24. The number of aromatic amines is 1. The fraction of sp³-hybridized carbons (Fsp3) is 0.444. The molecule has 1 fully saturated rings. The molecule has 1 aliphatic rings. The minimum atomic E-state index is -0.272. The third-order valence-electron chi connectivity index (χ3n) is 6.71. The Bertz CT molecular complexity index is 1180. The van der Waals surface area contributed by atoms with Gasteiger partial charge in [-0.3, -0.25) is 14.6 Å². The predicted octanol–water partition coefficient (Wildman–Crippen LogP) is 4.73. The average Bonchev–Trinajstić information content (AvgIpc) is 2.84. The standard InChI is InChI=1S/C27H36ClN5O2/c1-5-33(21-9-7-6-8-10-21)24-13-19(20(14-29)15-30-4)12-22(18(24)3)27(35)31-16-23-25(34)11-17(2)32-26(23)28/h11-15,21H,5-10,16,29H2,1-4H3,(H,31,35)(H,32,34). The Hall–Kier alpha value is -3.06. The summed E-state index contributed by atoms with van der Waals surface area (Å²) in [6.45, 7) is 6.76. The second kappa shape index (κ2) is 12.1. The number of aromatic nitrogens is 1. The number of hydrogen-bond acceptors (Lipinski definition) is 5. The molecule has 2 aromatic rings. The van der Waals surface area contributed by atoms with Gasteiger partial charge in [-0.15, -0.1) is 0 Å². The summed E-state index contributed by atoms with van der Waals surface area (Å²) in [6, 6.07) is 5.85. The molecule has 1 saturated carbocycles. The van der Waals surface area contributed by atoms with Gasteiger partial charge >= 0.3 is 0 Å². The lowest BCUT2D eigenvalue weighted by Crippen LogP contribution is -2.37. The Morgan fingerprint density at radius 1 is 1.26 bits per heavy atom. The van der Waals surface area contributed by atoms with Gasteiger partial charge in [-0.05, 0) is 56.9 Å². The van der Waals surface area contributed by atoms with Crippen LogP contribution in [0.15, 0.2) is 34.2 Å². The molecule has 7 nitrogen and oxygen atoms in total. The van der Waals surface area contributed by atoms with Crippen molar-refractivity contribution in [2.45, 2.75) is 65.5 Å². The average molecular weight is 498 g/mol. The number of allylic oxidation sites excluding steroid dienone is 1. The van der Waals surface area contributed by atoms with Crippen molar-refractivity contribution in [1.29, 1.82) is 0 Å². The maximum absolute atomic E-state index is 13.4. The Morgan fingerprint density at radius 3 is 2.57 bits per heavy atom. The van der Waals surface area contributed by atoms with Gasteiger partial charge in [0.05, 0.1) is 5.56 Å². The first-order valence-corrected chi connectivity index (χ1v) is 12.6. The van der Waals surface area contributed by atoms with Crippen molar-refractivity contribution >= 4 is 35.0 Å². The minimum Gasteiger partial charge on any atom is -0.404 e. The molecule has 1 amide bonds. The van der Waals surface area contributed by atoms with E-state index in [2.05, 4.69) is 33.2 Å². The van der Waals surface area contributed by atoms with Crippen LogP contribution in [0.5, 0.6) is 0 Å². The number of benzene rings is 1. The van der Waals surface area contributed by atoms with Gasteiger partial charge in [-0.1, -0.05) is 30.9 Å². The van der Waals surface area contributed by atoms with Gasteiger partial charge in [0.1, 0.15) is 5.15 Å². The first-order valence-electron chi connectivity index (χ1n) is 12.2. The van der Waals surface area contributed by atoms with E-state index in [-0.39, 0.29) is 23.0 Å². The molecule has 1 aromatic carbocycles. The normalized spacial score (nSPS) is 14.9. The van der Waals surface area contributed by atoms with Crippen LogP contribution < -0.4 is 21.4 Å². The first kappa shape index (κ1) is 26.5. The maximum Gasteiger partial charge on any atom is 0.251 e. The number of pyridine rings is 1. The lowest BCUT2D eigenvalue weighted by atomic mass is 9.91. The highest BCUT2D eigenvalue weighted by molar-refractivity contribution is 6.30. The zero-order chi connectivity index (χ0) is 25.5. The van der Waals surface area contributed by atoms with Crippen LogP contribution >= 0.6 is 11.6 Å². The zero-order valence-electron chi connectivity index (χ0n) is 21.1.